The molecule has 5 nitrogen and oxygen atoms in total. The average Bonchev–Trinajstić information content (AvgIpc) is 2.91. The third kappa shape index (κ3) is 2.15. The van der Waals surface area contributed by atoms with E-state index in [-0.39, 0.29) is 12.1 Å². The summed E-state index contributed by atoms with van der Waals surface area (Å²) in [5.74, 6) is -3.49. The van der Waals surface area contributed by atoms with Gasteiger partial charge in [-0.25, -0.2) is 28.1 Å². The minimum Gasteiger partial charge on any atom is -0.364 e. The van der Waals surface area contributed by atoms with Gasteiger partial charge in [-0.05, 0) is 17.7 Å². The number of nitrogens with zero attached hydrogens (tertiary/aromatic N) is 3. The number of hydrogen-bond acceptors (Lipinski definition) is 4. The van der Waals surface area contributed by atoms with Crippen LogP contribution in [0, 0.1) is 17.5 Å². The van der Waals surface area contributed by atoms with E-state index in [1.54, 1.807) is 0 Å². The van der Waals surface area contributed by atoms with Crippen LogP contribution in [0.2, 0.25) is 0 Å². The zero-order valence-corrected chi connectivity index (χ0v) is 9.99. The van der Waals surface area contributed by atoms with Gasteiger partial charge in [-0.3, -0.25) is 0 Å². The minimum absolute atomic E-state index is 0.0826. The number of nitrogens with one attached hydrogen (secondary N) is 2. The van der Waals surface area contributed by atoms with Crippen molar-refractivity contribution in [2.24, 2.45) is 0 Å². The van der Waals surface area contributed by atoms with Crippen molar-refractivity contribution in [3.05, 3.63) is 47.8 Å². The average molecular weight is 279 g/mol. The predicted octanol–water partition coefficient (Wildman–Crippen LogP) is 2.38. The van der Waals surface area contributed by atoms with Crippen molar-refractivity contribution in [1.29, 1.82) is 0 Å². The van der Waals surface area contributed by atoms with E-state index in [0.717, 1.165) is 12.1 Å². The lowest BCUT2D eigenvalue weighted by Gasteiger charge is -2.07. The van der Waals surface area contributed by atoms with E-state index >= 15 is 0 Å². The Morgan fingerprint density at radius 1 is 1.05 bits per heavy atom. The largest absolute Gasteiger partial charge is 0.364 e. The van der Waals surface area contributed by atoms with Gasteiger partial charge in [-0.15, -0.1) is 0 Å². The van der Waals surface area contributed by atoms with Crippen LogP contribution < -0.4 is 5.32 Å². The molecule has 3 aromatic rings. The monoisotopic (exact) mass is 279 g/mol. The van der Waals surface area contributed by atoms with Gasteiger partial charge < -0.3 is 10.3 Å². The summed E-state index contributed by atoms with van der Waals surface area (Å²) in [6.45, 7) is 0.0826. The van der Waals surface area contributed by atoms with Crippen LogP contribution in [0.5, 0.6) is 0 Å². The van der Waals surface area contributed by atoms with Crippen LogP contribution >= 0.6 is 0 Å². The fraction of sp³-hybridized carbons (Fsp3) is 0.0833. The zero-order chi connectivity index (χ0) is 14.1. The Balaban J connectivity index is 1.85. The van der Waals surface area contributed by atoms with Crippen molar-refractivity contribution in [3.8, 4) is 0 Å². The summed E-state index contributed by atoms with van der Waals surface area (Å²) < 4.78 is 39.0. The molecule has 0 atom stereocenters. The van der Waals surface area contributed by atoms with Gasteiger partial charge >= 0.3 is 0 Å². The minimum atomic E-state index is -1.48. The Hall–Kier alpha value is -2.64. The van der Waals surface area contributed by atoms with Crippen molar-refractivity contribution >= 4 is 17.0 Å². The van der Waals surface area contributed by atoms with Gasteiger partial charge in [0.2, 0.25) is 0 Å². The molecule has 0 spiro atoms. The highest BCUT2D eigenvalue weighted by Gasteiger charge is 2.11. The topological polar surface area (TPSA) is 66.5 Å². The van der Waals surface area contributed by atoms with Gasteiger partial charge in [0, 0.05) is 6.54 Å². The van der Waals surface area contributed by atoms with Crippen molar-refractivity contribution < 1.29 is 13.2 Å². The molecule has 0 unspecified atom stereocenters. The van der Waals surface area contributed by atoms with E-state index in [4.69, 9.17) is 0 Å². The van der Waals surface area contributed by atoms with Crippen molar-refractivity contribution in [3.63, 3.8) is 0 Å². The summed E-state index contributed by atoms with van der Waals surface area (Å²) in [7, 11) is 0. The van der Waals surface area contributed by atoms with Crippen LogP contribution in [0.1, 0.15) is 5.56 Å². The third-order valence-electron chi connectivity index (χ3n) is 2.73. The molecule has 20 heavy (non-hydrogen) atoms. The number of halogens is 3. The highest BCUT2D eigenvalue weighted by atomic mass is 19.2. The molecule has 0 amide bonds. The van der Waals surface area contributed by atoms with E-state index in [2.05, 4.69) is 25.3 Å². The molecule has 0 bridgehead atoms. The molecule has 3 rings (SSSR count). The first kappa shape index (κ1) is 12.4. The summed E-state index contributed by atoms with van der Waals surface area (Å²) in [5, 5.41) is 2.89. The SMILES string of the molecule is Fc1cc(CNc2ncnc3nc[nH]c23)cc(F)c1F. The maximum Gasteiger partial charge on any atom is 0.194 e. The Morgan fingerprint density at radius 3 is 2.55 bits per heavy atom. The number of anilines is 1. The molecular weight excluding hydrogens is 271 g/mol. The first-order valence-electron chi connectivity index (χ1n) is 5.66. The standard InChI is InChI=1S/C12H8F3N5/c13-7-1-6(2-8(14)9(7)15)3-16-11-10-12(18-4-17-10)20-5-19-11/h1-2,4-5H,3H2,(H2,16,17,18,19,20). The number of aromatic amines is 1. The number of fused-ring (bicyclic) bond motifs is 1. The fourth-order valence-corrected chi connectivity index (χ4v) is 1.79. The van der Waals surface area contributed by atoms with Crippen LogP contribution in [0.4, 0.5) is 19.0 Å². The van der Waals surface area contributed by atoms with Gasteiger partial charge in [0.05, 0.1) is 6.33 Å². The quantitative estimate of drug-likeness (QED) is 0.722. The Kier molecular flexibility index (Phi) is 2.97. The summed E-state index contributed by atoms with van der Waals surface area (Å²) >= 11 is 0. The number of aromatic nitrogens is 4. The van der Waals surface area contributed by atoms with E-state index in [0.29, 0.717) is 17.0 Å². The second-order valence-electron chi connectivity index (χ2n) is 4.05. The molecule has 0 radical (unpaired) electrons. The molecule has 0 aliphatic carbocycles. The molecule has 0 fully saturated rings. The van der Waals surface area contributed by atoms with Crippen molar-refractivity contribution in [2.75, 3.05) is 5.32 Å². The van der Waals surface area contributed by atoms with Gasteiger partial charge in [-0.2, -0.15) is 0 Å². The van der Waals surface area contributed by atoms with E-state index in [1.807, 2.05) is 0 Å². The van der Waals surface area contributed by atoms with Gasteiger partial charge in [-0.1, -0.05) is 0 Å². The smallest absolute Gasteiger partial charge is 0.194 e. The van der Waals surface area contributed by atoms with E-state index in [9.17, 15) is 13.2 Å². The van der Waals surface area contributed by atoms with Crippen LogP contribution in [0.3, 0.4) is 0 Å². The summed E-state index contributed by atoms with van der Waals surface area (Å²) in [6.07, 6.45) is 2.78. The number of H-pyrrole nitrogens is 1. The molecule has 2 aromatic heterocycles. The Morgan fingerprint density at radius 2 is 1.80 bits per heavy atom. The number of hydrogen-bond donors (Lipinski definition) is 2. The van der Waals surface area contributed by atoms with E-state index in [1.165, 1.54) is 12.7 Å². The number of imidazole rings is 1. The molecule has 0 saturated carbocycles. The van der Waals surface area contributed by atoms with Crippen LogP contribution in [-0.2, 0) is 6.54 Å². The maximum absolute atomic E-state index is 13.1. The van der Waals surface area contributed by atoms with Gasteiger partial charge in [0.15, 0.2) is 28.9 Å². The summed E-state index contributed by atoms with van der Waals surface area (Å²) in [5.41, 5.74) is 1.31. The lowest BCUT2D eigenvalue weighted by molar-refractivity contribution is 0.445. The third-order valence-corrected chi connectivity index (χ3v) is 2.73. The molecule has 102 valence electrons. The highest BCUT2D eigenvalue weighted by Crippen LogP contribution is 2.17. The van der Waals surface area contributed by atoms with Crippen LogP contribution in [0.25, 0.3) is 11.2 Å². The predicted molar refractivity (Wildman–Crippen MR) is 65.3 cm³/mol. The molecule has 0 aliphatic rings. The van der Waals surface area contributed by atoms with Crippen molar-refractivity contribution in [1.82, 2.24) is 19.9 Å². The summed E-state index contributed by atoms with van der Waals surface area (Å²) in [4.78, 5) is 14.7. The number of rotatable bonds is 3. The molecule has 0 saturated heterocycles. The molecule has 8 heteroatoms. The lowest BCUT2D eigenvalue weighted by atomic mass is 10.2. The van der Waals surface area contributed by atoms with Gasteiger partial charge in [0.25, 0.3) is 0 Å². The fourth-order valence-electron chi connectivity index (χ4n) is 1.79. The summed E-state index contributed by atoms with van der Waals surface area (Å²) in [6, 6.07) is 1.85. The highest BCUT2D eigenvalue weighted by molar-refractivity contribution is 5.81. The lowest BCUT2D eigenvalue weighted by Crippen LogP contribution is -2.04. The normalized spacial score (nSPS) is 10.9. The Bertz CT molecular complexity index is 748. The Labute approximate surface area is 110 Å². The zero-order valence-electron chi connectivity index (χ0n) is 9.99. The first-order chi connectivity index (χ1) is 9.65. The van der Waals surface area contributed by atoms with Crippen LogP contribution in [0.15, 0.2) is 24.8 Å². The molecule has 1 aromatic carbocycles. The van der Waals surface area contributed by atoms with Gasteiger partial charge in [0.1, 0.15) is 11.8 Å². The van der Waals surface area contributed by atoms with E-state index < -0.39 is 17.5 Å². The molecular formula is C12H8F3N5. The van der Waals surface area contributed by atoms with Crippen LogP contribution in [-0.4, -0.2) is 19.9 Å². The first-order valence-corrected chi connectivity index (χ1v) is 5.66. The molecule has 2 heterocycles. The maximum atomic E-state index is 13.1. The molecule has 2 N–H and O–H groups in total. The van der Waals surface area contributed by atoms with Crippen molar-refractivity contribution in [2.45, 2.75) is 6.54 Å². The second-order valence-corrected chi connectivity index (χ2v) is 4.05. The number of benzene rings is 1. The second kappa shape index (κ2) is 4.80. The molecule has 0 aliphatic heterocycles.